The molecule has 64 valence electrons. The van der Waals surface area contributed by atoms with Crippen LogP contribution in [-0.2, 0) is 0 Å². The Bertz CT molecular complexity index is 152. The van der Waals surface area contributed by atoms with Gasteiger partial charge in [0.15, 0.2) is 0 Å². The van der Waals surface area contributed by atoms with Crippen molar-refractivity contribution in [2.75, 3.05) is 27.2 Å². The molecule has 0 bridgehead atoms. The lowest BCUT2D eigenvalue weighted by Crippen LogP contribution is -2.13. The Morgan fingerprint density at radius 2 is 2.36 bits per heavy atom. The molecule has 2 heteroatoms. The zero-order chi connectivity index (χ0) is 8.27. The summed E-state index contributed by atoms with van der Waals surface area (Å²) in [6, 6.07) is 0. The Morgan fingerprint density at radius 3 is 2.91 bits per heavy atom. The van der Waals surface area contributed by atoms with E-state index in [0.717, 1.165) is 12.5 Å². The molecule has 0 amide bonds. The highest BCUT2D eigenvalue weighted by Crippen LogP contribution is 2.17. The second-order valence-corrected chi connectivity index (χ2v) is 3.40. The van der Waals surface area contributed by atoms with E-state index in [2.05, 4.69) is 23.9 Å². The number of hydrogen-bond acceptors (Lipinski definition) is 2. The van der Waals surface area contributed by atoms with Crippen LogP contribution in [0.3, 0.4) is 0 Å². The van der Waals surface area contributed by atoms with E-state index in [4.69, 9.17) is 0 Å². The normalized spacial score (nSPS) is 30.1. The van der Waals surface area contributed by atoms with Crippen molar-refractivity contribution in [3.8, 4) is 0 Å². The highest BCUT2D eigenvalue weighted by atomic mass is 15.1. The Hall–Kier alpha value is -0.370. The average molecular weight is 154 g/mol. The van der Waals surface area contributed by atoms with Crippen molar-refractivity contribution >= 4 is 5.71 Å². The number of hydrogen-bond donors (Lipinski definition) is 0. The summed E-state index contributed by atoms with van der Waals surface area (Å²) in [5.41, 5.74) is 1.40. The second kappa shape index (κ2) is 3.86. The first-order chi connectivity index (χ1) is 5.27. The smallest absolute Gasteiger partial charge is 0.0363 e. The fraction of sp³-hybridized carbons (Fsp3) is 0.889. The summed E-state index contributed by atoms with van der Waals surface area (Å²) in [5, 5.41) is 0. The van der Waals surface area contributed by atoms with E-state index < -0.39 is 0 Å². The minimum Gasteiger partial charge on any atom is -0.300 e. The Morgan fingerprint density at radius 1 is 1.64 bits per heavy atom. The van der Waals surface area contributed by atoms with Crippen LogP contribution in [0, 0.1) is 5.92 Å². The molecule has 1 fully saturated rings. The fourth-order valence-corrected chi connectivity index (χ4v) is 1.81. The highest BCUT2D eigenvalue weighted by molar-refractivity contribution is 5.90. The summed E-state index contributed by atoms with van der Waals surface area (Å²) in [4.78, 5) is 6.66. The molecule has 1 aliphatic heterocycles. The third kappa shape index (κ3) is 2.03. The van der Waals surface area contributed by atoms with Crippen LogP contribution in [0.2, 0.25) is 0 Å². The van der Waals surface area contributed by atoms with Gasteiger partial charge >= 0.3 is 0 Å². The van der Waals surface area contributed by atoms with Crippen LogP contribution in [0.4, 0.5) is 0 Å². The molecule has 0 unspecified atom stereocenters. The zero-order valence-corrected chi connectivity index (χ0v) is 7.80. The summed E-state index contributed by atoms with van der Waals surface area (Å²) in [7, 11) is 4.08. The van der Waals surface area contributed by atoms with E-state index in [0.29, 0.717) is 0 Å². The van der Waals surface area contributed by atoms with Gasteiger partial charge in [-0.1, -0.05) is 13.3 Å². The van der Waals surface area contributed by atoms with Gasteiger partial charge in [0.1, 0.15) is 0 Å². The number of aliphatic imine (C=N–C) groups is 1. The molecule has 1 aliphatic rings. The topological polar surface area (TPSA) is 15.6 Å². The standard InChI is InChI=1S/C9H18N2/c1-4-5-8-6-11(3)7-9(8)10-2/h8H,4-7H2,1-3H3/t8-/m1/s1. The van der Waals surface area contributed by atoms with Crippen molar-refractivity contribution < 1.29 is 0 Å². The summed E-state index contributed by atoms with van der Waals surface area (Å²) in [5.74, 6) is 0.745. The van der Waals surface area contributed by atoms with E-state index in [1.165, 1.54) is 25.1 Å². The van der Waals surface area contributed by atoms with E-state index in [9.17, 15) is 0 Å². The fourth-order valence-electron chi connectivity index (χ4n) is 1.81. The molecule has 0 saturated carbocycles. The minimum absolute atomic E-state index is 0.745. The molecule has 11 heavy (non-hydrogen) atoms. The molecule has 0 aromatic rings. The molecule has 0 aliphatic carbocycles. The van der Waals surface area contributed by atoms with E-state index in [1.54, 1.807) is 0 Å². The minimum atomic E-state index is 0.745. The molecule has 0 aromatic carbocycles. The van der Waals surface area contributed by atoms with Gasteiger partial charge in [-0.2, -0.15) is 0 Å². The summed E-state index contributed by atoms with van der Waals surface area (Å²) in [6.07, 6.45) is 2.58. The third-order valence-corrected chi connectivity index (χ3v) is 2.36. The van der Waals surface area contributed by atoms with E-state index >= 15 is 0 Å². The first-order valence-electron chi connectivity index (χ1n) is 4.42. The SMILES string of the molecule is CCC[C@@H]1CN(C)CC1=NC. The van der Waals surface area contributed by atoms with E-state index in [-0.39, 0.29) is 0 Å². The van der Waals surface area contributed by atoms with Crippen LogP contribution in [0.5, 0.6) is 0 Å². The van der Waals surface area contributed by atoms with Crippen LogP contribution < -0.4 is 0 Å². The predicted molar refractivity (Wildman–Crippen MR) is 49.3 cm³/mol. The lowest BCUT2D eigenvalue weighted by Gasteiger charge is -2.07. The quantitative estimate of drug-likeness (QED) is 0.587. The van der Waals surface area contributed by atoms with Crippen molar-refractivity contribution in [1.82, 2.24) is 4.90 Å². The van der Waals surface area contributed by atoms with E-state index in [1.807, 2.05) is 7.05 Å². The van der Waals surface area contributed by atoms with Crippen molar-refractivity contribution in [3.05, 3.63) is 0 Å². The molecule has 0 spiro atoms. The van der Waals surface area contributed by atoms with Crippen molar-refractivity contribution in [2.45, 2.75) is 19.8 Å². The lowest BCUT2D eigenvalue weighted by atomic mass is 10.0. The third-order valence-electron chi connectivity index (χ3n) is 2.36. The van der Waals surface area contributed by atoms with Crippen LogP contribution >= 0.6 is 0 Å². The van der Waals surface area contributed by atoms with Gasteiger partial charge < -0.3 is 4.90 Å². The van der Waals surface area contributed by atoms with Gasteiger partial charge in [0.05, 0.1) is 0 Å². The molecular formula is C9H18N2. The largest absolute Gasteiger partial charge is 0.300 e. The van der Waals surface area contributed by atoms with Crippen molar-refractivity contribution in [1.29, 1.82) is 0 Å². The molecular weight excluding hydrogens is 136 g/mol. The maximum absolute atomic E-state index is 4.31. The molecule has 0 aromatic heterocycles. The number of rotatable bonds is 2. The van der Waals surface area contributed by atoms with Gasteiger partial charge in [0, 0.05) is 31.8 Å². The summed E-state index contributed by atoms with van der Waals surface area (Å²) >= 11 is 0. The Labute approximate surface area is 69.3 Å². The average Bonchev–Trinajstić information content (AvgIpc) is 2.32. The maximum atomic E-state index is 4.31. The van der Waals surface area contributed by atoms with Crippen molar-refractivity contribution in [3.63, 3.8) is 0 Å². The molecule has 2 nitrogen and oxygen atoms in total. The first-order valence-corrected chi connectivity index (χ1v) is 4.42. The van der Waals surface area contributed by atoms with Gasteiger partial charge in [-0.15, -0.1) is 0 Å². The first kappa shape index (κ1) is 8.72. The zero-order valence-electron chi connectivity index (χ0n) is 7.80. The molecule has 0 radical (unpaired) electrons. The van der Waals surface area contributed by atoms with Gasteiger partial charge in [0.2, 0.25) is 0 Å². The second-order valence-electron chi connectivity index (χ2n) is 3.40. The number of likely N-dealkylation sites (tertiary alicyclic amines) is 1. The van der Waals surface area contributed by atoms with Crippen molar-refractivity contribution in [2.24, 2.45) is 10.9 Å². The predicted octanol–water partition coefficient (Wildman–Crippen LogP) is 1.42. The Balaban J connectivity index is 2.51. The molecule has 1 saturated heterocycles. The van der Waals surface area contributed by atoms with Crippen LogP contribution in [0.15, 0.2) is 4.99 Å². The monoisotopic (exact) mass is 154 g/mol. The maximum Gasteiger partial charge on any atom is 0.0363 e. The van der Waals surface area contributed by atoms with Gasteiger partial charge in [-0.25, -0.2) is 0 Å². The summed E-state index contributed by atoms with van der Waals surface area (Å²) in [6.45, 7) is 4.54. The highest BCUT2D eigenvalue weighted by Gasteiger charge is 2.24. The molecule has 1 atom stereocenters. The van der Waals surface area contributed by atoms with Crippen LogP contribution in [0.25, 0.3) is 0 Å². The molecule has 1 rings (SSSR count). The van der Waals surface area contributed by atoms with Gasteiger partial charge in [0.25, 0.3) is 0 Å². The number of nitrogens with zero attached hydrogens (tertiary/aromatic N) is 2. The molecule has 1 heterocycles. The van der Waals surface area contributed by atoms with Crippen LogP contribution in [-0.4, -0.2) is 37.8 Å². The molecule has 0 N–H and O–H groups in total. The van der Waals surface area contributed by atoms with Crippen LogP contribution in [0.1, 0.15) is 19.8 Å². The van der Waals surface area contributed by atoms with Gasteiger partial charge in [-0.05, 0) is 13.5 Å². The summed E-state index contributed by atoms with van der Waals surface area (Å²) < 4.78 is 0. The van der Waals surface area contributed by atoms with Gasteiger partial charge in [-0.3, -0.25) is 4.99 Å². The lowest BCUT2D eigenvalue weighted by molar-refractivity contribution is 0.387. The Kier molecular flexibility index (Phi) is 3.06.